The van der Waals surface area contributed by atoms with Crippen LogP contribution in [0.25, 0.3) is 10.8 Å². The van der Waals surface area contributed by atoms with Crippen LogP contribution in [-0.2, 0) is 10.7 Å². The Bertz CT molecular complexity index is 714. The van der Waals surface area contributed by atoms with Crippen molar-refractivity contribution >= 4 is 22.5 Å². The van der Waals surface area contributed by atoms with Crippen molar-refractivity contribution in [2.75, 3.05) is 11.9 Å². The molecule has 2 rings (SSSR count). The zero-order chi connectivity index (χ0) is 16.5. The van der Waals surface area contributed by atoms with E-state index in [1.807, 2.05) is 0 Å². The van der Waals surface area contributed by atoms with E-state index in [9.17, 15) is 26.7 Å². The third kappa shape index (κ3) is 2.92. The van der Waals surface area contributed by atoms with Crippen molar-refractivity contribution in [3.8, 4) is 0 Å². The SMILES string of the molecule is NC(=O)CNc1nccc2ccc(C(F)(F)C(F)(F)F)cc12. The summed E-state index contributed by atoms with van der Waals surface area (Å²) < 4.78 is 64.1. The maximum atomic E-state index is 13.4. The van der Waals surface area contributed by atoms with Gasteiger partial charge in [0, 0.05) is 17.1 Å². The van der Waals surface area contributed by atoms with Crippen molar-refractivity contribution in [2.24, 2.45) is 5.73 Å². The molecule has 0 radical (unpaired) electrons. The first-order valence-electron chi connectivity index (χ1n) is 5.99. The molecule has 22 heavy (non-hydrogen) atoms. The minimum absolute atomic E-state index is 0.00359. The molecule has 0 bridgehead atoms. The molecular formula is C13H10F5N3O. The Morgan fingerprint density at radius 2 is 1.86 bits per heavy atom. The molecule has 0 aliphatic carbocycles. The number of hydrogen-bond donors (Lipinski definition) is 2. The Morgan fingerprint density at radius 3 is 2.45 bits per heavy atom. The molecule has 1 heterocycles. The van der Waals surface area contributed by atoms with Gasteiger partial charge in [-0.3, -0.25) is 4.79 Å². The highest BCUT2D eigenvalue weighted by Gasteiger charge is 2.58. The number of alkyl halides is 5. The molecule has 0 unspecified atom stereocenters. The van der Waals surface area contributed by atoms with Gasteiger partial charge in [0.25, 0.3) is 0 Å². The molecule has 1 aromatic heterocycles. The number of nitrogens with zero attached hydrogens (tertiary/aromatic N) is 1. The highest BCUT2D eigenvalue weighted by Crippen LogP contribution is 2.44. The fourth-order valence-electron chi connectivity index (χ4n) is 1.84. The normalized spacial score (nSPS) is 12.4. The first-order chi connectivity index (χ1) is 10.1. The first-order valence-corrected chi connectivity index (χ1v) is 5.99. The molecule has 9 heteroatoms. The van der Waals surface area contributed by atoms with Crippen LogP contribution in [-0.4, -0.2) is 23.6 Å². The number of rotatable bonds is 4. The van der Waals surface area contributed by atoms with Crippen molar-refractivity contribution in [1.82, 2.24) is 4.98 Å². The second-order valence-electron chi connectivity index (χ2n) is 4.49. The minimum Gasteiger partial charge on any atom is -0.368 e. The van der Waals surface area contributed by atoms with E-state index >= 15 is 0 Å². The topological polar surface area (TPSA) is 68.0 Å². The molecule has 1 aromatic carbocycles. The number of benzene rings is 1. The van der Waals surface area contributed by atoms with Crippen molar-refractivity contribution in [3.05, 3.63) is 36.0 Å². The summed E-state index contributed by atoms with van der Waals surface area (Å²) in [6.07, 6.45) is -4.38. The van der Waals surface area contributed by atoms with E-state index in [1.165, 1.54) is 12.3 Å². The van der Waals surface area contributed by atoms with E-state index in [4.69, 9.17) is 5.73 Å². The van der Waals surface area contributed by atoms with Gasteiger partial charge in [-0.1, -0.05) is 12.1 Å². The van der Waals surface area contributed by atoms with Crippen LogP contribution < -0.4 is 11.1 Å². The molecule has 0 atom stereocenters. The number of anilines is 1. The number of aromatic nitrogens is 1. The van der Waals surface area contributed by atoms with Crippen LogP contribution in [0.2, 0.25) is 0 Å². The molecule has 4 nitrogen and oxygen atoms in total. The molecular weight excluding hydrogens is 309 g/mol. The smallest absolute Gasteiger partial charge is 0.368 e. The second-order valence-corrected chi connectivity index (χ2v) is 4.49. The van der Waals surface area contributed by atoms with Gasteiger partial charge in [-0.25, -0.2) is 4.98 Å². The van der Waals surface area contributed by atoms with Crippen LogP contribution in [0.3, 0.4) is 0 Å². The van der Waals surface area contributed by atoms with E-state index in [0.717, 1.165) is 6.07 Å². The minimum atomic E-state index is -5.70. The Balaban J connectivity index is 2.53. The van der Waals surface area contributed by atoms with Gasteiger partial charge in [-0.05, 0) is 17.5 Å². The number of pyridine rings is 1. The number of amides is 1. The Labute approximate surface area is 121 Å². The summed E-state index contributed by atoms with van der Waals surface area (Å²) in [6.45, 7) is -0.327. The predicted molar refractivity (Wildman–Crippen MR) is 69.4 cm³/mol. The number of fused-ring (bicyclic) bond motifs is 1. The van der Waals surface area contributed by atoms with E-state index in [2.05, 4.69) is 10.3 Å². The molecule has 1 amide bonds. The van der Waals surface area contributed by atoms with Gasteiger partial charge in [0.2, 0.25) is 5.91 Å². The third-order valence-electron chi connectivity index (χ3n) is 2.91. The molecule has 0 aliphatic heterocycles. The van der Waals surface area contributed by atoms with Gasteiger partial charge < -0.3 is 11.1 Å². The molecule has 0 aliphatic rings. The standard InChI is InChI=1S/C13H10F5N3O/c14-12(15,13(16,17)18)8-2-1-7-3-4-20-11(9(7)5-8)21-6-10(19)22/h1-5H,6H2,(H2,19,22)(H,20,21). The van der Waals surface area contributed by atoms with Gasteiger partial charge >= 0.3 is 12.1 Å². The quantitative estimate of drug-likeness (QED) is 0.852. The zero-order valence-corrected chi connectivity index (χ0v) is 10.9. The average molecular weight is 319 g/mol. The van der Waals surface area contributed by atoms with Crippen LogP contribution >= 0.6 is 0 Å². The monoisotopic (exact) mass is 319 g/mol. The Kier molecular flexibility index (Phi) is 3.90. The summed E-state index contributed by atoms with van der Waals surface area (Å²) >= 11 is 0. The van der Waals surface area contributed by atoms with Crippen LogP contribution in [0.1, 0.15) is 5.56 Å². The molecule has 2 aromatic rings. The molecule has 3 N–H and O–H groups in total. The van der Waals surface area contributed by atoms with Crippen LogP contribution in [0.15, 0.2) is 30.5 Å². The number of nitrogens with two attached hydrogens (primary N) is 1. The lowest BCUT2D eigenvalue weighted by Gasteiger charge is -2.20. The van der Waals surface area contributed by atoms with E-state index in [0.29, 0.717) is 17.5 Å². The fraction of sp³-hybridized carbons (Fsp3) is 0.231. The van der Waals surface area contributed by atoms with E-state index < -0.39 is 23.6 Å². The maximum absolute atomic E-state index is 13.4. The molecule has 0 spiro atoms. The summed E-state index contributed by atoms with van der Waals surface area (Å²) in [5, 5.41) is 2.92. The lowest BCUT2D eigenvalue weighted by atomic mass is 10.0. The highest BCUT2D eigenvalue weighted by molar-refractivity contribution is 5.93. The van der Waals surface area contributed by atoms with Crippen molar-refractivity contribution in [2.45, 2.75) is 12.1 Å². The van der Waals surface area contributed by atoms with Crippen LogP contribution in [0.5, 0.6) is 0 Å². The number of primary amides is 1. The van der Waals surface area contributed by atoms with Crippen molar-refractivity contribution < 1.29 is 26.7 Å². The van der Waals surface area contributed by atoms with E-state index in [1.54, 1.807) is 0 Å². The Hall–Kier alpha value is -2.45. The van der Waals surface area contributed by atoms with Crippen molar-refractivity contribution in [1.29, 1.82) is 0 Å². The average Bonchev–Trinajstić information content (AvgIpc) is 2.43. The van der Waals surface area contributed by atoms with E-state index in [-0.39, 0.29) is 17.7 Å². The van der Waals surface area contributed by atoms with Gasteiger partial charge in [0.1, 0.15) is 5.82 Å². The third-order valence-corrected chi connectivity index (χ3v) is 2.91. The van der Waals surface area contributed by atoms with Crippen molar-refractivity contribution in [3.63, 3.8) is 0 Å². The van der Waals surface area contributed by atoms with Gasteiger partial charge in [0.15, 0.2) is 0 Å². The summed E-state index contributed by atoms with van der Waals surface area (Å²) in [6, 6.07) is 3.97. The second kappa shape index (κ2) is 5.39. The van der Waals surface area contributed by atoms with Gasteiger partial charge in [-0.2, -0.15) is 22.0 Å². The molecule has 0 saturated heterocycles. The van der Waals surface area contributed by atoms with Gasteiger partial charge in [0.05, 0.1) is 6.54 Å². The lowest BCUT2D eigenvalue weighted by Crippen LogP contribution is -2.33. The van der Waals surface area contributed by atoms with Gasteiger partial charge in [-0.15, -0.1) is 0 Å². The van der Waals surface area contributed by atoms with Crippen LogP contribution in [0.4, 0.5) is 27.8 Å². The Morgan fingerprint density at radius 1 is 1.18 bits per heavy atom. The predicted octanol–water partition coefficient (Wildman–Crippen LogP) is 2.79. The number of halogens is 5. The molecule has 118 valence electrons. The fourth-order valence-corrected chi connectivity index (χ4v) is 1.84. The lowest BCUT2D eigenvalue weighted by molar-refractivity contribution is -0.289. The molecule has 0 saturated carbocycles. The highest BCUT2D eigenvalue weighted by atomic mass is 19.4. The summed E-state index contributed by atoms with van der Waals surface area (Å²) in [5.41, 5.74) is 3.74. The number of carbonyl (C=O) groups excluding carboxylic acids is 1. The van der Waals surface area contributed by atoms with Crippen LogP contribution in [0, 0.1) is 0 Å². The maximum Gasteiger partial charge on any atom is 0.458 e. The number of hydrogen-bond acceptors (Lipinski definition) is 3. The summed E-state index contributed by atoms with van der Waals surface area (Å²) in [5.74, 6) is -5.72. The largest absolute Gasteiger partial charge is 0.458 e. The summed E-state index contributed by atoms with van der Waals surface area (Å²) in [7, 11) is 0. The number of carbonyl (C=O) groups is 1. The first kappa shape index (κ1) is 15.9. The number of nitrogens with one attached hydrogen (secondary N) is 1. The zero-order valence-electron chi connectivity index (χ0n) is 10.9. The molecule has 0 fully saturated rings. The summed E-state index contributed by atoms with van der Waals surface area (Å²) in [4.78, 5) is 14.5.